The molecule has 0 fully saturated rings. The Hall–Kier alpha value is -5.34. The zero-order valence-corrected chi connectivity index (χ0v) is 60.8. The van der Waals surface area contributed by atoms with Crippen molar-refractivity contribution in [3.05, 3.63) is 35.0 Å². The van der Waals surface area contributed by atoms with Crippen LogP contribution < -0.4 is 16.8 Å². The van der Waals surface area contributed by atoms with Gasteiger partial charge in [0.05, 0.1) is 323 Å². The minimum Gasteiger partial charge on any atom is -0.424 e. The number of benzene rings is 1. The van der Waals surface area contributed by atoms with Gasteiger partial charge in [-0.3, -0.25) is 4.79 Å². The van der Waals surface area contributed by atoms with E-state index in [1.54, 1.807) is 6.07 Å². The van der Waals surface area contributed by atoms with Crippen LogP contribution in [0, 0.1) is 0 Å². The fourth-order valence-electron chi connectivity index (χ4n) is 8.66. The number of aryl methyl sites for hydroxylation is 1. The largest absolute Gasteiger partial charge is 0.424 e. The molecule has 0 atom stereocenters. The molecule has 4 aromatic rings. The van der Waals surface area contributed by atoms with Crippen LogP contribution >= 0.6 is 0 Å². The van der Waals surface area contributed by atoms with Crippen molar-refractivity contribution in [2.75, 3.05) is 342 Å². The van der Waals surface area contributed by atoms with Gasteiger partial charge in [-0.15, -0.1) is 0 Å². The zero-order valence-electron chi connectivity index (χ0n) is 60.8. The predicted molar refractivity (Wildman–Crippen MR) is 378 cm³/mol. The van der Waals surface area contributed by atoms with Crippen LogP contribution in [0.5, 0.6) is 0 Å². The molecule has 0 unspecified atom stereocenters. The Bertz CT molecular complexity index is 2640. The Morgan fingerprint density at radius 3 is 1.05 bits per heavy atom. The lowest BCUT2D eigenvalue weighted by atomic mass is 10.1. The van der Waals surface area contributed by atoms with E-state index in [4.69, 9.17) is 140 Å². The molecule has 3 aromatic heterocycles. The lowest BCUT2D eigenvalue weighted by Crippen LogP contribution is -2.26. The van der Waals surface area contributed by atoms with Crippen LogP contribution in [0.4, 0.5) is 11.8 Å². The maximum absolute atomic E-state index is 12.3. The fraction of sp³-hybridized carbons (Fsp3) is 0.806. The first-order valence-electron chi connectivity index (χ1n) is 35.8. The number of hydrogen-bond acceptors (Lipinski definition) is 33. The van der Waals surface area contributed by atoms with Gasteiger partial charge in [0.15, 0.2) is 11.2 Å². The van der Waals surface area contributed by atoms with Gasteiger partial charge in [0.25, 0.3) is 6.01 Å². The first kappa shape index (κ1) is 91.0. The van der Waals surface area contributed by atoms with Crippen molar-refractivity contribution in [2.24, 2.45) is 5.11 Å². The first-order valence-corrected chi connectivity index (χ1v) is 35.8. The summed E-state index contributed by atoms with van der Waals surface area (Å²) in [5, 5.41) is 11.8. The average molecular weight is 1490 g/mol. The number of carbonyl (C=O) groups is 1. The Morgan fingerprint density at radius 1 is 0.423 bits per heavy atom. The second-order valence-electron chi connectivity index (χ2n) is 21.7. The quantitative estimate of drug-likeness (QED) is 0.0247. The highest BCUT2D eigenvalue weighted by Crippen LogP contribution is 2.32. The topological polar surface area (TPSA) is 421 Å². The Labute approximate surface area is 609 Å². The van der Waals surface area contributed by atoms with Gasteiger partial charge in [-0.2, -0.15) is 10.1 Å². The van der Waals surface area contributed by atoms with Gasteiger partial charge in [-0.1, -0.05) is 5.11 Å². The number of unbranched alkanes of at least 4 members (excludes halogenated alkanes) is 1. The van der Waals surface area contributed by atoms with E-state index in [9.17, 15) is 4.79 Å². The van der Waals surface area contributed by atoms with E-state index in [0.717, 1.165) is 18.4 Å². The van der Waals surface area contributed by atoms with Crippen LogP contribution in [0.2, 0.25) is 0 Å². The maximum atomic E-state index is 12.3. The van der Waals surface area contributed by atoms with Crippen molar-refractivity contribution in [3.63, 3.8) is 0 Å². The number of fused-ring (bicyclic) bond motifs is 2. The lowest BCUT2D eigenvalue weighted by Gasteiger charge is -2.09. The van der Waals surface area contributed by atoms with E-state index in [-0.39, 0.29) is 18.3 Å². The number of nitrogens with zero attached hydrogens (tertiary/aromatic N) is 8. The van der Waals surface area contributed by atoms with E-state index in [1.165, 1.54) is 6.33 Å². The number of oxazole rings is 1. The predicted octanol–water partition coefficient (Wildman–Crippen LogP) is 2.79. The monoisotopic (exact) mass is 1490 g/mol. The summed E-state index contributed by atoms with van der Waals surface area (Å²) in [5.41, 5.74) is 23.4. The number of aromatic nitrogens is 5. The summed E-state index contributed by atoms with van der Waals surface area (Å²) in [4.78, 5) is 27.8. The number of azide groups is 1. The third-order valence-corrected chi connectivity index (χ3v) is 13.8. The number of nitrogens with one attached hydrogen (secondary N) is 1. The van der Waals surface area contributed by atoms with E-state index in [0.29, 0.717) is 370 Å². The van der Waals surface area contributed by atoms with Crippen LogP contribution in [0.15, 0.2) is 34.1 Å². The summed E-state index contributed by atoms with van der Waals surface area (Å²) >= 11 is 0. The number of nitrogens with two attached hydrogens (primary N) is 2. The Morgan fingerprint density at radius 2 is 0.731 bits per heavy atom. The molecule has 0 aliphatic rings. The van der Waals surface area contributed by atoms with Crippen molar-refractivity contribution in [1.29, 1.82) is 0 Å². The second-order valence-corrected chi connectivity index (χ2v) is 21.7. The van der Waals surface area contributed by atoms with E-state index in [1.807, 2.05) is 16.8 Å². The van der Waals surface area contributed by atoms with Crippen LogP contribution in [-0.4, -0.2) is 361 Å². The van der Waals surface area contributed by atoms with Crippen LogP contribution in [0.3, 0.4) is 0 Å². The van der Waals surface area contributed by atoms with Crippen molar-refractivity contribution >= 4 is 39.9 Å². The van der Waals surface area contributed by atoms with Gasteiger partial charge < -0.3 is 135 Å². The highest BCUT2D eigenvalue weighted by Gasteiger charge is 2.18. The molecule has 0 saturated heterocycles. The molecule has 5 N–H and O–H groups in total. The van der Waals surface area contributed by atoms with Gasteiger partial charge in [0, 0.05) is 36.5 Å². The minimum absolute atomic E-state index is 0.0783. The SMILES string of the molecule is [N-]=[N+]=NCCOCCOCCOCCOCCOCCOCCOCCOCCOCCOCCOCCOCCOCCOCCOCCOCCOCCOCCOCCOCCOCCOCCOCCOCCC(=O)NCCCCn1nc(-c2ccc3oc(N)nc3c2)c2c(N)ncnc21. The van der Waals surface area contributed by atoms with E-state index < -0.39 is 0 Å². The van der Waals surface area contributed by atoms with E-state index >= 15 is 0 Å². The normalized spacial score (nSPS) is 11.7. The third kappa shape index (κ3) is 51.8. The molecule has 0 aliphatic heterocycles. The number of nitrogen functional groups attached to an aromatic ring is 2. The molecule has 0 radical (unpaired) electrons. The van der Waals surface area contributed by atoms with Crippen molar-refractivity contribution in [3.8, 4) is 11.3 Å². The van der Waals surface area contributed by atoms with Crippen LogP contribution in [0.25, 0.3) is 43.8 Å². The van der Waals surface area contributed by atoms with Crippen LogP contribution in [0.1, 0.15) is 19.3 Å². The zero-order chi connectivity index (χ0) is 73.4. The number of hydrogen-bond donors (Lipinski definition) is 3. The minimum atomic E-state index is -0.0783. The highest BCUT2D eigenvalue weighted by atomic mass is 16.6. The summed E-state index contributed by atoms with van der Waals surface area (Å²) in [5.74, 6) is 0.253. The van der Waals surface area contributed by atoms with E-state index in [2.05, 4.69) is 30.3 Å². The summed E-state index contributed by atoms with van der Waals surface area (Å²) in [6.45, 7) is 23.5. The number of amides is 1. The van der Waals surface area contributed by atoms with Crippen molar-refractivity contribution < 1.29 is 123 Å². The molecule has 3 heterocycles. The standard InChI is InChI=1S/C67H117N11O26/c68-65-63-64(59-3-4-61-60(57-59)75-67(69)104-61)76-78(66(63)73-58-72-65)8-2-1-6-71-62(79)5-9-80-11-13-82-15-17-84-19-21-86-23-25-88-27-29-90-31-33-92-35-37-94-39-41-96-43-45-98-47-49-100-51-53-102-55-56-103-54-52-101-50-48-99-46-44-97-42-40-95-38-36-93-34-32-91-30-28-89-26-24-87-22-20-85-18-16-83-14-12-81-10-7-74-77-70/h3-4,57-58H,1-2,5-56H2,(H2,69,75)(H,71,79)(H2,68,72,73). The number of rotatable bonds is 81. The summed E-state index contributed by atoms with van der Waals surface area (Å²) in [6.07, 6.45) is 3.17. The summed E-state index contributed by atoms with van der Waals surface area (Å²) in [6, 6.07) is 5.59. The molecule has 0 saturated carbocycles. The molecular weight excluding hydrogens is 1370 g/mol. The fourth-order valence-corrected chi connectivity index (χ4v) is 8.66. The van der Waals surface area contributed by atoms with Crippen LogP contribution in [-0.2, 0) is 125 Å². The molecule has 596 valence electrons. The Balaban J connectivity index is 0.712. The van der Waals surface area contributed by atoms with Gasteiger partial charge in [0.1, 0.15) is 23.4 Å². The lowest BCUT2D eigenvalue weighted by molar-refractivity contribution is -0.122. The molecule has 37 heteroatoms. The Kier molecular flexibility index (Phi) is 60.8. The molecule has 1 aromatic carbocycles. The molecule has 1 amide bonds. The third-order valence-electron chi connectivity index (χ3n) is 13.8. The average Bonchev–Trinajstić information content (AvgIpc) is 1.62. The number of carbonyl (C=O) groups excluding carboxylic acids is 1. The first-order chi connectivity index (χ1) is 51.6. The maximum Gasteiger partial charge on any atom is 0.292 e. The summed E-state index contributed by atoms with van der Waals surface area (Å²) in [7, 11) is 0. The second kappa shape index (κ2) is 69.4. The summed E-state index contributed by atoms with van der Waals surface area (Å²) < 4.78 is 139. The smallest absolute Gasteiger partial charge is 0.292 e. The van der Waals surface area contributed by atoms with Gasteiger partial charge in [0.2, 0.25) is 5.91 Å². The molecular formula is C67H117N11O26. The molecule has 0 bridgehead atoms. The van der Waals surface area contributed by atoms with Crippen molar-refractivity contribution in [2.45, 2.75) is 25.8 Å². The molecule has 0 spiro atoms. The van der Waals surface area contributed by atoms with Gasteiger partial charge in [-0.05, 0) is 36.6 Å². The number of ether oxygens (including phenoxy) is 24. The van der Waals surface area contributed by atoms with Gasteiger partial charge in [-0.25, -0.2) is 14.6 Å². The number of anilines is 2. The van der Waals surface area contributed by atoms with Gasteiger partial charge >= 0.3 is 0 Å². The molecule has 37 nitrogen and oxygen atoms in total. The molecule has 0 aliphatic carbocycles. The van der Waals surface area contributed by atoms with Crippen molar-refractivity contribution in [1.82, 2.24) is 30.0 Å². The molecule has 4 rings (SSSR count). The highest BCUT2D eigenvalue weighted by molar-refractivity contribution is 5.99. The molecule has 104 heavy (non-hydrogen) atoms.